The van der Waals surface area contributed by atoms with Crippen molar-refractivity contribution in [3.63, 3.8) is 0 Å². The molecular formula is C21H28N4O6S2. The van der Waals surface area contributed by atoms with Crippen LogP contribution in [0.5, 0.6) is 0 Å². The largest absolute Gasteiger partial charge is 0.326 e. The van der Waals surface area contributed by atoms with E-state index in [-0.39, 0.29) is 21.7 Å². The fourth-order valence-corrected chi connectivity index (χ4v) is 5.23. The lowest BCUT2D eigenvalue weighted by Crippen LogP contribution is -2.35. The van der Waals surface area contributed by atoms with Gasteiger partial charge in [0.25, 0.3) is 0 Å². The third-order valence-electron chi connectivity index (χ3n) is 4.79. The van der Waals surface area contributed by atoms with Crippen molar-refractivity contribution in [1.82, 2.24) is 8.61 Å². The van der Waals surface area contributed by atoms with Gasteiger partial charge in [0.15, 0.2) is 0 Å². The molecule has 0 aliphatic carbocycles. The van der Waals surface area contributed by atoms with Gasteiger partial charge in [0.1, 0.15) is 0 Å². The lowest BCUT2D eigenvalue weighted by Gasteiger charge is -2.21. The fraction of sp³-hybridized carbons (Fsp3) is 0.333. The Morgan fingerprint density at radius 3 is 1.64 bits per heavy atom. The highest BCUT2D eigenvalue weighted by atomic mass is 32.2. The maximum Gasteiger partial charge on any atom is 0.243 e. The van der Waals surface area contributed by atoms with Crippen molar-refractivity contribution >= 4 is 43.2 Å². The van der Waals surface area contributed by atoms with Crippen molar-refractivity contribution in [3.05, 3.63) is 48.5 Å². The molecule has 0 unspecified atom stereocenters. The number of anilines is 2. The van der Waals surface area contributed by atoms with Gasteiger partial charge in [-0.2, -0.15) is 8.61 Å². The molecule has 0 fully saturated rings. The van der Waals surface area contributed by atoms with Crippen molar-refractivity contribution in [3.8, 4) is 0 Å². The lowest BCUT2D eigenvalue weighted by molar-refractivity contribution is -0.116. The van der Waals surface area contributed by atoms with Crippen molar-refractivity contribution in [2.75, 3.05) is 31.3 Å². The zero-order chi connectivity index (χ0) is 25.0. The van der Waals surface area contributed by atoms with Gasteiger partial charge < -0.3 is 10.6 Å². The molecule has 2 aromatic carbocycles. The summed E-state index contributed by atoms with van der Waals surface area (Å²) in [5.41, 5.74) is 0.781. The maximum absolute atomic E-state index is 12.7. The molecule has 10 nitrogen and oxygen atoms in total. The van der Waals surface area contributed by atoms with Gasteiger partial charge in [0, 0.05) is 38.4 Å². The van der Waals surface area contributed by atoms with Crippen molar-refractivity contribution in [1.29, 1.82) is 0 Å². The number of carbonyl (C=O) groups excluding carboxylic acids is 2. The summed E-state index contributed by atoms with van der Waals surface area (Å²) in [6, 6.07) is 11.0. The van der Waals surface area contributed by atoms with Crippen LogP contribution in [0.2, 0.25) is 0 Å². The molecule has 2 aromatic rings. The molecule has 0 saturated heterocycles. The summed E-state index contributed by atoms with van der Waals surface area (Å²) in [6.45, 7) is 4.40. The van der Waals surface area contributed by atoms with Crippen molar-refractivity contribution in [2.24, 2.45) is 0 Å². The number of sulfonamides is 2. The molecule has 0 aliphatic heterocycles. The van der Waals surface area contributed by atoms with Crippen LogP contribution >= 0.6 is 0 Å². The SMILES string of the molecule is CC(=O)Nc1ccc(S(=O)(=O)N(C)CC(=O)Nc2ccc(S(=O)(=O)N(C)C(C)C)cc2)cc1. The second-order valence-corrected chi connectivity index (χ2v) is 11.7. The van der Waals surface area contributed by atoms with Crippen molar-refractivity contribution in [2.45, 2.75) is 36.6 Å². The number of nitrogens with one attached hydrogen (secondary N) is 2. The Morgan fingerprint density at radius 2 is 1.21 bits per heavy atom. The molecule has 0 aliphatic rings. The molecule has 2 N–H and O–H groups in total. The summed E-state index contributed by atoms with van der Waals surface area (Å²) in [7, 11) is -4.84. The van der Waals surface area contributed by atoms with Crippen molar-refractivity contribution < 1.29 is 26.4 Å². The number of likely N-dealkylation sites (N-methyl/N-ethyl adjacent to an activating group) is 1. The molecule has 33 heavy (non-hydrogen) atoms. The monoisotopic (exact) mass is 496 g/mol. The van der Waals surface area contributed by atoms with Gasteiger partial charge >= 0.3 is 0 Å². The van der Waals surface area contributed by atoms with E-state index in [1.807, 2.05) is 0 Å². The first kappa shape index (κ1) is 26.5. The molecule has 0 saturated carbocycles. The molecule has 0 bridgehead atoms. The highest BCUT2D eigenvalue weighted by Crippen LogP contribution is 2.20. The number of benzene rings is 2. The van der Waals surface area contributed by atoms with Crippen LogP contribution in [0.3, 0.4) is 0 Å². The Labute approximate surface area is 194 Å². The Balaban J connectivity index is 2.05. The van der Waals surface area contributed by atoms with E-state index in [0.29, 0.717) is 11.4 Å². The van der Waals surface area contributed by atoms with Gasteiger partial charge in [-0.05, 0) is 62.4 Å². The van der Waals surface area contributed by atoms with Gasteiger partial charge in [-0.25, -0.2) is 16.8 Å². The topological polar surface area (TPSA) is 133 Å². The molecule has 0 aromatic heterocycles. The third-order valence-corrected chi connectivity index (χ3v) is 8.66. The quantitative estimate of drug-likeness (QED) is 0.545. The highest BCUT2D eigenvalue weighted by Gasteiger charge is 2.24. The van der Waals surface area contributed by atoms with E-state index >= 15 is 0 Å². The Bertz CT molecular complexity index is 1210. The van der Waals surface area contributed by atoms with Crippen LogP contribution in [0.15, 0.2) is 58.3 Å². The fourth-order valence-electron chi connectivity index (χ4n) is 2.74. The van der Waals surface area contributed by atoms with E-state index in [1.54, 1.807) is 13.8 Å². The number of nitrogens with zero attached hydrogens (tertiary/aromatic N) is 2. The predicted octanol–water partition coefficient (Wildman–Crippen LogP) is 1.93. The Kier molecular flexibility index (Phi) is 8.36. The zero-order valence-electron chi connectivity index (χ0n) is 19.1. The van der Waals surface area contributed by atoms with Crippen LogP contribution in [0.4, 0.5) is 11.4 Å². The molecule has 2 amide bonds. The minimum atomic E-state index is -3.94. The summed E-state index contributed by atoms with van der Waals surface area (Å²) >= 11 is 0. The first-order valence-corrected chi connectivity index (χ1v) is 12.8. The van der Waals surface area contributed by atoms with Crippen LogP contribution < -0.4 is 10.6 Å². The van der Waals surface area contributed by atoms with E-state index in [9.17, 15) is 26.4 Å². The van der Waals surface area contributed by atoms with Crippen LogP contribution in [-0.2, 0) is 29.6 Å². The summed E-state index contributed by atoms with van der Waals surface area (Å²) < 4.78 is 52.6. The molecule has 2 rings (SSSR count). The van der Waals surface area contributed by atoms with Crippen LogP contribution in [0, 0.1) is 0 Å². The average Bonchev–Trinajstić information content (AvgIpc) is 2.73. The molecule has 0 heterocycles. The second-order valence-electron chi connectivity index (χ2n) is 7.65. The van der Waals surface area contributed by atoms with E-state index in [0.717, 1.165) is 4.31 Å². The van der Waals surface area contributed by atoms with Crippen LogP contribution in [-0.4, -0.2) is 63.9 Å². The molecule has 0 radical (unpaired) electrons. The van der Waals surface area contributed by atoms with E-state index in [1.165, 1.54) is 73.9 Å². The Hall–Kier alpha value is -2.80. The van der Waals surface area contributed by atoms with Gasteiger partial charge in [-0.3, -0.25) is 9.59 Å². The second kappa shape index (κ2) is 10.4. The third kappa shape index (κ3) is 6.60. The van der Waals surface area contributed by atoms with E-state index < -0.39 is 32.5 Å². The Morgan fingerprint density at radius 1 is 0.788 bits per heavy atom. The van der Waals surface area contributed by atoms with Gasteiger partial charge in [0.2, 0.25) is 31.9 Å². The number of rotatable bonds is 9. The smallest absolute Gasteiger partial charge is 0.243 e. The summed E-state index contributed by atoms with van der Waals surface area (Å²) in [6.07, 6.45) is 0. The summed E-state index contributed by atoms with van der Waals surface area (Å²) in [5.74, 6) is -0.872. The lowest BCUT2D eigenvalue weighted by atomic mass is 10.3. The number of amides is 2. The van der Waals surface area contributed by atoms with Gasteiger partial charge in [-0.15, -0.1) is 0 Å². The molecule has 0 spiro atoms. The normalized spacial score (nSPS) is 12.2. The van der Waals surface area contributed by atoms with Gasteiger partial charge in [0.05, 0.1) is 16.3 Å². The first-order valence-electron chi connectivity index (χ1n) is 9.97. The van der Waals surface area contributed by atoms with Crippen LogP contribution in [0.1, 0.15) is 20.8 Å². The molecule has 180 valence electrons. The zero-order valence-corrected chi connectivity index (χ0v) is 20.7. The molecule has 0 atom stereocenters. The predicted molar refractivity (Wildman–Crippen MR) is 126 cm³/mol. The molecule has 12 heteroatoms. The minimum Gasteiger partial charge on any atom is -0.326 e. The summed E-state index contributed by atoms with van der Waals surface area (Å²) in [5, 5.41) is 5.10. The van der Waals surface area contributed by atoms with E-state index in [4.69, 9.17) is 0 Å². The molecular weight excluding hydrogens is 468 g/mol. The van der Waals surface area contributed by atoms with E-state index in [2.05, 4.69) is 10.6 Å². The minimum absolute atomic E-state index is 0.0317. The summed E-state index contributed by atoms with van der Waals surface area (Å²) in [4.78, 5) is 23.5. The van der Waals surface area contributed by atoms with Crippen LogP contribution in [0.25, 0.3) is 0 Å². The highest BCUT2D eigenvalue weighted by molar-refractivity contribution is 7.89. The number of hydrogen-bond donors (Lipinski definition) is 2. The number of carbonyl (C=O) groups is 2. The number of hydrogen-bond acceptors (Lipinski definition) is 6. The maximum atomic E-state index is 12.7. The first-order chi connectivity index (χ1) is 15.2. The standard InChI is InChI=1S/C21H28N4O6S2/c1-15(2)25(5)33(30,31)20-12-8-18(9-13-20)23-21(27)14-24(4)32(28,29)19-10-6-17(7-11-19)22-16(3)26/h6-13,15H,14H2,1-5H3,(H,22,26)(H,23,27). The average molecular weight is 497 g/mol. The van der Waals surface area contributed by atoms with Gasteiger partial charge in [-0.1, -0.05) is 0 Å².